The minimum atomic E-state index is 0.943. The predicted molar refractivity (Wildman–Crippen MR) is 47.5 cm³/mol. The van der Waals surface area contributed by atoms with Crippen molar-refractivity contribution in [1.82, 2.24) is 5.32 Å². The van der Waals surface area contributed by atoms with Crippen molar-refractivity contribution < 1.29 is 0 Å². The fraction of sp³-hybridized carbons (Fsp3) is 0.800. The van der Waals surface area contributed by atoms with Gasteiger partial charge >= 0.3 is 0 Å². The molecule has 0 spiro atoms. The van der Waals surface area contributed by atoms with Gasteiger partial charge in [0.05, 0.1) is 0 Å². The summed E-state index contributed by atoms with van der Waals surface area (Å²) in [5.74, 6) is 0.943. The van der Waals surface area contributed by atoms with Gasteiger partial charge in [-0.25, -0.2) is 0 Å². The Kier molecular flexibility index (Phi) is 2.27. The zero-order valence-corrected chi connectivity index (χ0v) is 7.10. The van der Waals surface area contributed by atoms with Crippen LogP contribution in [0.1, 0.15) is 32.1 Å². The van der Waals surface area contributed by atoms with Crippen molar-refractivity contribution in [2.45, 2.75) is 32.1 Å². The second-order valence-electron chi connectivity index (χ2n) is 3.73. The molecule has 1 aliphatic heterocycles. The third kappa shape index (κ3) is 1.64. The Morgan fingerprint density at radius 1 is 1.27 bits per heavy atom. The lowest BCUT2D eigenvalue weighted by molar-refractivity contribution is 0.480. The van der Waals surface area contributed by atoms with Gasteiger partial charge in [-0.2, -0.15) is 0 Å². The third-order valence-electron chi connectivity index (χ3n) is 2.92. The molecule has 0 aromatic rings. The van der Waals surface area contributed by atoms with Gasteiger partial charge in [0.2, 0.25) is 0 Å². The Hall–Kier alpha value is -0.300. The molecular weight excluding hydrogens is 134 g/mol. The number of nitrogens with one attached hydrogen (secondary N) is 1. The van der Waals surface area contributed by atoms with Gasteiger partial charge in [0.1, 0.15) is 0 Å². The monoisotopic (exact) mass is 151 g/mol. The van der Waals surface area contributed by atoms with E-state index in [9.17, 15) is 0 Å². The fourth-order valence-corrected chi connectivity index (χ4v) is 2.26. The van der Waals surface area contributed by atoms with Crippen LogP contribution in [0.25, 0.3) is 0 Å². The summed E-state index contributed by atoms with van der Waals surface area (Å²) in [4.78, 5) is 0. The van der Waals surface area contributed by atoms with E-state index in [0.717, 1.165) is 5.92 Å². The molecule has 1 N–H and O–H groups in total. The molecule has 0 bridgehead atoms. The van der Waals surface area contributed by atoms with Gasteiger partial charge in [-0.05, 0) is 44.6 Å². The van der Waals surface area contributed by atoms with Crippen LogP contribution in [0.15, 0.2) is 11.6 Å². The molecule has 62 valence electrons. The first-order chi connectivity index (χ1) is 5.47. The highest BCUT2D eigenvalue weighted by atomic mass is 14.9. The van der Waals surface area contributed by atoms with Gasteiger partial charge in [-0.3, -0.25) is 0 Å². The van der Waals surface area contributed by atoms with Gasteiger partial charge in [0.25, 0.3) is 0 Å². The van der Waals surface area contributed by atoms with Crippen LogP contribution in [-0.2, 0) is 0 Å². The van der Waals surface area contributed by atoms with Crippen LogP contribution >= 0.6 is 0 Å². The summed E-state index contributed by atoms with van der Waals surface area (Å²) < 4.78 is 0. The van der Waals surface area contributed by atoms with E-state index < -0.39 is 0 Å². The molecule has 1 heterocycles. The number of hydrogen-bond donors (Lipinski definition) is 1. The van der Waals surface area contributed by atoms with Crippen molar-refractivity contribution in [2.75, 3.05) is 13.1 Å². The summed E-state index contributed by atoms with van der Waals surface area (Å²) in [7, 11) is 0. The molecule has 2 aliphatic rings. The molecule has 1 unspecified atom stereocenters. The standard InChI is InChI=1S/C10H17N/c1-2-5-10-8-11-7-3-6-9(10)4-1/h5,9,11H,1-4,6-8H2. The summed E-state index contributed by atoms with van der Waals surface area (Å²) in [5, 5.41) is 3.48. The Balaban J connectivity index is 2.07. The van der Waals surface area contributed by atoms with Crippen LogP contribution in [0.4, 0.5) is 0 Å². The van der Waals surface area contributed by atoms with E-state index in [2.05, 4.69) is 11.4 Å². The van der Waals surface area contributed by atoms with Crippen LogP contribution in [0.3, 0.4) is 0 Å². The molecule has 0 saturated carbocycles. The maximum Gasteiger partial charge on any atom is 0.0167 e. The van der Waals surface area contributed by atoms with Crippen LogP contribution in [0, 0.1) is 5.92 Å². The smallest absolute Gasteiger partial charge is 0.0167 e. The average Bonchev–Trinajstić information content (AvgIpc) is 2.28. The van der Waals surface area contributed by atoms with Gasteiger partial charge < -0.3 is 5.32 Å². The molecule has 1 saturated heterocycles. The van der Waals surface area contributed by atoms with Crippen molar-refractivity contribution in [3.63, 3.8) is 0 Å². The molecule has 1 aliphatic carbocycles. The second-order valence-corrected chi connectivity index (χ2v) is 3.73. The first-order valence-corrected chi connectivity index (χ1v) is 4.86. The van der Waals surface area contributed by atoms with Crippen LogP contribution in [-0.4, -0.2) is 13.1 Å². The normalized spacial score (nSPS) is 32.0. The van der Waals surface area contributed by atoms with E-state index in [1.807, 2.05) is 0 Å². The molecule has 1 fully saturated rings. The molecule has 0 radical (unpaired) electrons. The minimum Gasteiger partial charge on any atom is -0.313 e. The van der Waals surface area contributed by atoms with Crippen molar-refractivity contribution >= 4 is 0 Å². The second kappa shape index (κ2) is 3.40. The quantitative estimate of drug-likeness (QED) is 0.523. The molecule has 1 atom stereocenters. The Morgan fingerprint density at radius 2 is 2.18 bits per heavy atom. The SMILES string of the molecule is C1=C2CNCCCC2CCC1. The maximum atomic E-state index is 3.48. The van der Waals surface area contributed by atoms with E-state index in [0.29, 0.717) is 0 Å². The Labute approximate surface area is 68.9 Å². The predicted octanol–water partition coefficient (Wildman–Crippen LogP) is 2.10. The zero-order chi connectivity index (χ0) is 7.52. The van der Waals surface area contributed by atoms with E-state index >= 15 is 0 Å². The molecule has 0 aromatic carbocycles. The van der Waals surface area contributed by atoms with E-state index in [1.54, 1.807) is 5.57 Å². The number of rotatable bonds is 0. The first-order valence-electron chi connectivity index (χ1n) is 4.86. The lowest BCUT2D eigenvalue weighted by Crippen LogP contribution is -2.18. The average molecular weight is 151 g/mol. The van der Waals surface area contributed by atoms with Gasteiger partial charge in [0.15, 0.2) is 0 Å². The van der Waals surface area contributed by atoms with Crippen LogP contribution in [0.2, 0.25) is 0 Å². The Morgan fingerprint density at radius 3 is 3.18 bits per heavy atom. The molecule has 11 heavy (non-hydrogen) atoms. The van der Waals surface area contributed by atoms with Crippen molar-refractivity contribution in [1.29, 1.82) is 0 Å². The fourth-order valence-electron chi connectivity index (χ4n) is 2.26. The summed E-state index contributed by atoms with van der Waals surface area (Å²) in [6, 6.07) is 0. The summed E-state index contributed by atoms with van der Waals surface area (Å²) in [6.45, 7) is 2.40. The van der Waals surface area contributed by atoms with E-state index in [-0.39, 0.29) is 0 Å². The van der Waals surface area contributed by atoms with Crippen LogP contribution in [0.5, 0.6) is 0 Å². The molecule has 1 nitrogen and oxygen atoms in total. The first kappa shape index (κ1) is 7.35. The van der Waals surface area contributed by atoms with Gasteiger partial charge in [-0.1, -0.05) is 11.6 Å². The number of allylic oxidation sites excluding steroid dienone is 1. The van der Waals surface area contributed by atoms with Crippen LogP contribution < -0.4 is 5.32 Å². The molecular formula is C10H17N. The van der Waals surface area contributed by atoms with Gasteiger partial charge in [-0.15, -0.1) is 0 Å². The minimum absolute atomic E-state index is 0.943. The highest BCUT2D eigenvalue weighted by Crippen LogP contribution is 2.29. The van der Waals surface area contributed by atoms with Crippen molar-refractivity contribution in [2.24, 2.45) is 5.92 Å². The topological polar surface area (TPSA) is 12.0 Å². The molecule has 0 aromatic heterocycles. The van der Waals surface area contributed by atoms with Gasteiger partial charge in [0, 0.05) is 6.54 Å². The van der Waals surface area contributed by atoms with Crippen molar-refractivity contribution in [3.8, 4) is 0 Å². The number of hydrogen-bond acceptors (Lipinski definition) is 1. The maximum absolute atomic E-state index is 3.48. The largest absolute Gasteiger partial charge is 0.313 e. The lowest BCUT2D eigenvalue weighted by atomic mass is 9.85. The summed E-state index contributed by atoms with van der Waals surface area (Å²) in [6.07, 6.45) is 9.47. The highest BCUT2D eigenvalue weighted by molar-refractivity contribution is 5.12. The lowest BCUT2D eigenvalue weighted by Gasteiger charge is -2.21. The molecule has 1 heteroatoms. The summed E-state index contributed by atoms with van der Waals surface area (Å²) >= 11 is 0. The highest BCUT2D eigenvalue weighted by Gasteiger charge is 2.18. The third-order valence-corrected chi connectivity index (χ3v) is 2.92. The molecule has 2 rings (SSSR count). The van der Waals surface area contributed by atoms with E-state index in [4.69, 9.17) is 0 Å². The Bertz CT molecular complexity index is 160. The molecule has 0 amide bonds. The van der Waals surface area contributed by atoms with Crippen molar-refractivity contribution in [3.05, 3.63) is 11.6 Å². The zero-order valence-electron chi connectivity index (χ0n) is 7.10. The summed E-state index contributed by atoms with van der Waals surface area (Å²) in [5.41, 5.74) is 1.70. The van der Waals surface area contributed by atoms with E-state index in [1.165, 1.54) is 45.2 Å². The number of fused-ring (bicyclic) bond motifs is 1.